The third-order valence-electron chi connectivity index (χ3n) is 2.90. The number of unbranched alkanes of at least 4 members (excludes halogenated alkanes) is 4. The average Bonchev–Trinajstić information content (AvgIpc) is 2.83. The quantitative estimate of drug-likeness (QED) is 0.564. The van der Waals surface area contributed by atoms with Crippen molar-refractivity contribution < 1.29 is 9.90 Å². The highest BCUT2D eigenvalue weighted by Gasteiger charge is 2.36. The Labute approximate surface area is 80.3 Å². The lowest BCUT2D eigenvalue weighted by molar-refractivity contribution is -0.308. The maximum absolute atomic E-state index is 10.4. The van der Waals surface area contributed by atoms with E-state index in [2.05, 4.69) is 6.92 Å². The maximum Gasteiger partial charge on any atom is 0.0448 e. The van der Waals surface area contributed by atoms with Gasteiger partial charge >= 0.3 is 0 Å². The van der Waals surface area contributed by atoms with Crippen LogP contribution >= 0.6 is 0 Å². The lowest BCUT2D eigenvalue weighted by atomic mass is 10.1. The van der Waals surface area contributed by atoms with E-state index >= 15 is 0 Å². The number of carbonyl (C=O) groups is 1. The summed E-state index contributed by atoms with van der Waals surface area (Å²) < 4.78 is 0. The molecule has 1 fully saturated rings. The zero-order valence-corrected chi connectivity index (χ0v) is 8.42. The van der Waals surface area contributed by atoms with E-state index in [-0.39, 0.29) is 5.92 Å². The van der Waals surface area contributed by atoms with Crippen molar-refractivity contribution >= 4 is 5.97 Å². The smallest absolute Gasteiger partial charge is 0.0448 e. The molecule has 0 amide bonds. The van der Waals surface area contributed by atoms with Crippen molar-refractivity contribution in [3.05, 3.63) is 0 Å². The summed E-state index contributed by atoms with van der Waals surface area (Å²) in [5.74, 6) is -0.489. The molecule has 2 heteroatoms. The molecule has 0 radical (unpaired) electrons. The molecule has 2 nitrogen and oxygen atoms in total. The molecule has 0 heterocycles. The van der Waals surface area contributed by atoms with Crippen molar-refractivity contribution in [3.8, 4) is 0 Å². The first-order valence-corrected chi connectivity index (χ1v) is 5.46. The van der Waals surface area contributed by atoms with E-state index in [1.807, 2.05) is 0 Å². The van der Waals surface area contributed by atoms with Crippen LogP contribution in [0, 0.1) is 11.8 Å². The molecule has 0 aromatic rings. The van der Waals surface area contributed by atoms with Crippen molar-refractivity contribution in [1.82, 2.24) is 0 Å². The molecule has 13 heavy (non-hydrogen) atoms. The second-order valence-corrected chi connectivity index (χ2v) is 4.12. The summed E-state index contributed by atoms with van der Waals surface area (Å²) in [4.78, 5) is 10.4. The van der Waals surface area contributed by atoms with Gasteiger partial charge in [-0.25, -0.2) is 0 Å². The number of carbonyl (C=O) groups excluding carboxylic acids is 1. The highest BCUT2D eigenvalue weighted by Crippen LogP contribution is 2.41. The summed E-state index contributed by atoms with van der Waals surface area (Å²) in [6, 6.07) is 0. The molecule has 0 spiro atoms. The zero-order chi connectivity index (χ0) is 9.68. The molecule has 0 aliphatic heterocycles. The SMILES string of the molecule is CCCCCCCC1CC1C(=O)[O-]. The highest BCUT2D eigenvalue weighted by molar-refractivity contribution is 5.71. The molecule has 0 saturated heterocycles. The highest BCUT2D eigenvalue weighted by atomic mass is 16.4. The number of aliphatic carboxylic acids is 1. The molecule has 76 valence electrons. The van der Waals surface area contributed by atoms with E-state index in [1.165, 1.54) is 32.1 Å². The predicted molar refractivity (Wildman–Crippen MR) is 50.0 cm³/mol. The van der Waals surface area contributed by atoms with Crippen LogP contribution in [0.4, 0.5) is 0 Å². The Bertz CT molecular complexity index is 165. The number of hydrogen-bond acceptors (Lipinski definition) is 2. The van der Waals surface area contributed by atoms with E-state index in [1.54, 1.807) is 0 Å². The molecular weight excluding hydrogens is 164 g/mol. The number of rotatable bonds is 7. The fourth-order valence-corrected chi connectivity index (χ4v) is 1.87. The second-order valence-electron chi connectivity index (χ2n) is 4.12. The Morgan fingerprint density at radius 1 is 1.31 bits per heavy atom. The summed E-state index contributed by atoms with van der Waals surface area (Å²) in [5, 5.41) is 10.4. The first kappa shape index (κ1) is 10.6. The largest absolute Gasteiger partial charge is 0.550 e. The van der Waals surface area contributed by atoms with E-state index in [0.717, 1.165) is 12.8 Å². The van der Waals surface area contributed by atoms with Crippen molar-refractivity contribution in [2.45, 2.75) is 51.9 Å². The van der Waals surface area contributed by atoms with Gasteiger partial charge in [0.25, 0.3) is 0 Å². The number of carboxylic acid groups (broad SMARTS) is 1. The van der Waals surface area contributed by atoms with Crippen molar-refractivity contribution in [3.63, 3.8) is 0 Å². The van der Waals surface area contributed by atoms with Crippen LogP contribution in [0.5, 0.6) is 0 Å². The van der Waals surface area contributed by atoms with Crippen LogP contribution in [0.3, 0.4) is 0 Å². The Morgan fingerprint density at radius 2 is 2.00 bits per heavy atom. The van der Waals surface area contributed by atoms with Crippen molar-refractivity contribution in [2.75, 3.05) is 0 Å². The van der Waals surface area contributed by atoms with Gasteiger partial charge in [-0.15, -0.1) is 0 Å². The van der Waals surface area contributed by atoms with Gasteiger partial charge < -0.3 is 9.90 Å². The first-order valence-electron chi connectivity index (χ1n) is 5.46. The minimum Gasteiger partial charge on any atom is -0.550 e. The molecule has 2 atom stereocenters. The van der Waals surface area contributed by atoms with Gasteiger partial charge in [-0.2, -0.15) is 0 Å². The third kappa shape index (κ3) is 3.79. The fraction of sp³-hybridized carbons (Fsp3) is 0.909. The van der Waals surface area contributed by atoms with Crippen LogP contribution in [0.2, 0.25) is 0 Å². The Balaban J connectivity index is 1.88. The van der Waals surface area contributed by atoms with E-state index in [9.17, 15) is 9.90 Å². The van der Waals surface area contributed by atoms with Gasteiger partial charge in [0.1, 0.15) is 0 Å². The van der Waals surface area contributed by atoms with Crippen LogP contribution in [-0.2, 0) is 4.79 Å². The molecule has 2 unspecified atom stereocenters. The second kappa shape index (κ2) is 5.25. The summed E-state index contributed by atoms with van der Waals surface area (Å²) in [5.41, 5.74) is 0. The molecule has 0 N–H and O–H groups in total. The molecule has 1 aliphatic rings. The normalized spacial score (nSPS) is 25.9. The van der Waals surface area contributed by atoms with E-state index < -0.39 is 5.97 Å². The van der Waals surface area contributed by atoms with Gasteiger partial charge in [0, 0.05) is 11.9 Å². The van der Waals surface area contributed by atoms with Gasteiger partial charge in [-0.1, -0.05) is 39.0 Å². The maximum atomic E-state index is 10.4. The van der Waals surface area contributed by atoms with Gasteiger partial charge in [-0.3, -0.25) is 0 Å². The topological polar surface area (TPSA) is 40.1 Å². The predicted octanol–water partition coefficient (Wildman–Crippen LogP) is 1.73. The fourth-order valence-electron chi connectivity index (χ4n) is 1.87. The molecule has 0 bridgehead atoms. The minimum atomic E-state index is -0.835. The standard InChI is InChI=1S/C11H20O2/c1-2-3-4-5-6-7-9-8-10(9)11(12)13/h9-10H,2-8H2,1H3,(H,12,13)/p-1. The van der Waals surface area contributed by atoms with Gasteiger partial charge in [0.15, 0.2) is 0 Å². The van der Waals surface area contributed by atoms with E-state index in [4.69, 9.17) is 0 Å². The lowest BCUT2D eigenvalue weighted by Crippen LogP contribution is -2.24. The van der Waals surface area contributed by atoms with E-state index in [0.29, 0.717) is 5.92 Å². The molecule has 1 aliphatic carbocycles. The number of hydrogen-bond donors (Lipinski definition) is 0. The number of carboxylic acids is 1. The summed E-state index contributed by atoms with van der Waals surface area (Å²) >= 11 is 0. The summed E-state index contributed by atoms with van der Waals surface area (Å²) in [6.07, 6.45) is 8.33. The minimum absolute atomic E-state index is 0.105. The zero-order valence-electron chi connectivity index (χ0n) is 8.42. The van der Waals surface area contributed by atoms with Crippen molar-refractivity contribution in [2.24, 2.45) is 11.8 Å². The van der Waals surface area contributed by atoms with Gasteiger partial charge in [0.05, 0.1) is 0 Å². The van der Waals surface area contributed by atoms with Crippen LogP contribution in [-0.4, -0.2) is 5.97 Å². The van der Waals surface area contributed by atoms with Crippen LogP contribution in [0.25, 0.3) is 0 Å². The summed E-state index contributed by atoms with van der Waals surface area (Å²) in [7, 11) is 0. The Kier molecular flexibility index (Phi) is 4.26. The van der Waals surface area contributed by atoms with Crippen LogP contribution in [0.1, 0.15) is 51.9 Å². The summed E-state index contributed by atoms with van der Waals surface area (Å²) in [6.45, 7) is 2.20. The van der Waals surface area contributed by atoms with Gasteiger partial charge in [0.2, 0.25) is 0 Å². The third-order valence-corrected chi connectivity index (χ3v) is 2.90. The molecule has 1 saturated carbocycles. The monoisotopic (exact) mass is 183 g/mol. The van der Waals surface area contributed by atoms with Crippen molar-refractivity contribution in [1.29, 1.82) is 0 Å². The van der Waals surface area contributed by atoms with Gasteiger partial charge in [-0.05, 0) is 18.8 Å². The van der Waals surface area contributed by atoms with Crippen LogP contribution in [0.15, 0.2) is 0 Å². The average molecular weight is 183 g/mol. The molecule has 0 aromatic heterocycles. The molecule has 0 aromatic carbocycles. The Morgan fingerprint density at radius 3 is 2.54 bits per heavy atom. The molecular formula is C11H19O2-. The first-order chi connectivity index (χ1) is 6.25. The van der Waals surface area contributed by atoms with Crippen LogP contribution < -0.4 is 5.11 Å². The Hall–Kier alpha value is -0.530. The lowest BCUT2D eigenvalue weighted by Gasteiger charge is -2.01. The molecule has 1 rings (SSSR count).